The highest BCUT2D eigenvalue weighted by Gasteiger charge is 2.51. The molecule has 188 valence electrons. The van der Waals surface area contributed by atoms with Gasteiger partial charge in [-0.1, -0.05) is 17.7 Å². The molecule has 0 saturated carbocycles. The molecule has 2 aromatic carbocycles. The van der Waals surface area contributed by atoms with Gasteiger partial charge in [0, 0.05) is 36.4 Å². The van der Waals surface area contributed by atoms with E-state index in [1.807, 2.05) is 0 Å². The van der Waals surface area contributed by atoms with Crippen molar-refractivity contribution in [3.05, 3.63) is 83.3 Å². The first kappa shape index (κ1) is 25.5. The number of benzene rings is 2. The van der Waals surface area contributed by atoms with E-state index in [0.29, 0.717) is 5.56 Å². The fourth-order valence-electron chi connectivity index (χ4n) is 3.69. The second kappa shape index (κ2) is 9.82. The van der Waals surface area contributed by atoms with E-state index in [2.05, 4.69) is 10.3 Å². The number of hydrogen-bond acceptors (Lipinski definition) is 7. The molecular formula is C23H20ClFN4O6S. The molecule has 1 fully saturated rings. The topological polar surface area (TPSA) is 140 Å². The fraction of sp³-hybridized carbons (Fsp3) is 0.174. The number of halogens is 2. The fourth-order valence-corrected chi connectivity index (χ4v) is 4.97. The SMILES string of the molecule is O=C(NCc1cc(F)cc(Cl)c1)C1(O)CCN(c2ccc(S(=O)(=O)N(O)c3ccccn3)cc2)C1=O. The van der Waals surface area contributed by atoms with E-state index >= 15 is 0 Å². The third-order valence-corrected chi connectivity index (χ3v) is 7.29. The predicted molar refractivity (Wildman–Crippen MR) is 127 cm³/mol. The Kier molecular flexibility index (Phi) is 6.96. The van der Waals surface area contributed by atoms with Crippen molar-refractivity contribution in [1.29, 1.82) is 0 Å². The van der Waals surface area contributed by atoms with Crippen molar-refractivity contribution in [2.24, 2.45) is 0 Å². The van der Waals surface area contributed by atoms with E-state index in [1.54, 1.807) is 6.07 Å². The third-order valence-electron chi connectivity index (χ3n) is 5.57. The summed E-state index contributed by atoms with van der Waals surface area (Å²) in [5.41, 5.74) is -1.77. The molecule has 1 saturated heterocycles. The molecule has 1 aliphatic heterocycles. The zero-order chi connectivity index (χ0) is 26.1. The lowest BCUT2D eigenvalue weighted by Crippen LogP contribution is -2.52. The Labute approximate surface area is 210 Å². The normalized spacial score (nSPS) is 17.8. The maximum atomic E-state index is 13.5. The molecule has 0 aliphatic carbocycles. The number of aromatic nitrogens is 1. The predicted octanol–water partition coefficient (Wildman–Crippen LogP) is 2.24. The molecule has 1 aromatic heterocycles. The number of carbonyl (C=O) groups excluding carboxylic acids is 2. The van der Waals surface area contributed by atoms with Gasteiger partial charge in [-0.3, -0.25) is 14.8 Å². The molecule has 3 aromatic rings. The standard InChI is InChI=1S/C23H20ClFN4O6S/c24-16-11-15(12-17(25)13-16)14-27-21(30)23(32)8-10-28(22(23)31)18-4-6-19(7-5-18)36(34,35)29(33)20-3-1-2-9-26-20/h1-7,9,11-13,32-33H,8,10,14H2,(H,27,30). The van der Waals surface area contributed by atoms with Crippen LogP contribution in [0.25, 0.3) is 0 Å². The van der Waals surface area contributed by atoms with Crippen molar-refractivity contribution >= 4 is 44.9 Å². The van der Waals surface area contributed by atoms with Gasteiger partial charge in [-0.05, 0) is 60.2 Å². The minimum absolute atomic E-state index is 0.0132. The van der Waals surface area contributed by atoms with Gasteiger partial charge in [0.25, 0.3) is 21.8 Å². The molecule has 0 radical (unpaired) electrons. The number of carbonyl (C=O) groups is 2. The molecule has 0 bridgehead atoms. The van der Waals surface area contributed by atoms with Crippen LogP contribution in [0, 0.1) is 5.82 Å². The summed E-state index contributed by atoms with van der Waals surface area (Å²) in [5, 5.41) is 23.5. The lowest BCUT2D eigenvalue weighted by molar-refractivity contribution is -0.149. The number of rotatable bonds is 7. The molecule has 0 spiro atoms. The number of nitrogens with one attached hydrogen (secondary N) is 1. The summed E-state index contributed by atoms with van der Waals surface area (Å²) in [6.45, 7) is -0.174. The second-order valence-electron chi connectivity index (χ2n) is 7.96. The van der Waals surface area contributed by atoms with Gasteiger partial charge in [0.15, 0.2) is 5.82 Å². The summed E-state index contributed by atoms with van der Waals surface area (Å²) in [6.07, 6.45) is 1.10. The highest BCUT2D eigenvalue weighted by Crippen LogP contribution is 2.30. The summed E-state index contributed by atoms with van der Waals surface area (Å²) in [4.78, 5) is 30.2. The quantitative estimate of drug-likeness (QED) is 0.312. The molecule has 4 rings (SSSR count). The smallest absolute Gasteiger partial charge is 0.287 e. The van der Waals surface area contributed by atoms with E-state index in [4.69, 9.17) is 11.6 Å². The number of pyridine rings is 1. The second-order valence-corrected chi connectivity index (χ2v) is 10.2. The zero-order valence-corrected chi connectivity index (χ0v) is 20.1. The largest absolute Gasteiger partial charge is 0.372 e. The van der Waals surface area contributed by atoms with Gasteiger partial charge in [-0.15, -0.1) is 4.47 Å². The minimum atomic E-state index is -4.35. The van der Waals surface area contributed by atoms with Gasteiger partial charge >= 0.3 is 0 Å². The van der Waals surface area contributed by atoms with E-state index in [0.717, 1.165) is 17.0 Å². The van der Waals surface area contributed by atoms with Gasteiger partial charge in [0.05, 0.1) is 4.90 Å². The maximum Gasteiger partial charge on any atom is 0.287 e. The van der Waals surface area contributed by atoms with Crippen LogP contribution in [-0.4, -0.2) is 47.7 Å². The van der Waals surface area contributed by atoms with Gasteiger partial charge in [0.2, 0.25) is 5.60 Å². The summed E-state index contributed by atoms with van der Waals surface area (Å²) < 4.78 is 38.9. The van der Waals surface area contributed by atoms with E-state index in [9.17, 15) is 32.7 Å². The molecule has 1 atom stereocenters. The van der Waals surface area contributed by atoms with E-state index < -0.39 is 33.3 Å². The lowest BCUT2D eigenvalue weighted by Gasteiger charge is -2.22. The van der Waals surface area contributed by atoms with Crippen molar-refractivity contribution < 1.29 is 32.7 Å². The van der Waals surface area contributed by atoms with Crippen LogP contribution in [0.1, 0.15) is 12.0 Å². The van der Waals surface area contributed by atoms with E-state index in [-0.39, 0.29) is 45.4 Å². The first-order chi connectivity index (χ1) is 17.0. The molecule has 36 heavy (non-hydrogen) atoms. The Bertz CT molecular complexity index is 1390. The van der Waals surface area contributed by atoms with E-state index in [1.165, 1.54) is 48.7 Å². The van der Waals surface area contributed by atoms with Crippen molar-refractivity contribution in [3.63, 3.8) is 0 Å². The van der Waals surface area contributed by atoms with Crippen LogP contribution in [0.5, 0.6) is 0 Å². The van der Waals surface area contributed by atoms with Crippen LogP contribution in [0.4, 0.5) is 15.9 Å². The van der Waals surface area contributed by atoms with Crippen LogP contribution in [0.15, 0.2) is 71.8 Å². The minimum Gasteiger partial charge on any atom is -0.372 e. The summed E-state index contributed by atoms with van der Waals surface area (Å²) in [5.74, 6) is -2.65. The number of hydrogen-bond donors (Lipinski definition) is 3. The summed E-state index contributed by atoms with van der Waals surface area (Å²) in [7, 11) is -4.35. The average molecular weight is 535 g/mol. The highest BCUT2D eigenvalue weighted by molar-refractivity contribution is 7.92. The Balaban J connectivity index is 1.46. The Morgan fingerprint density at radius 2 is 1.92 bits per heavy atom. The zero-order valence-electron chi connectivity index (χ0n) is 18.5. The Hall–Kier alpha value is -3.58. The highest BCUT2D eigenvalue weighted by atomic mass is 35.5. The third kappa shape index (κ3) is 4.88. The molecule has 10 nitrogen and oxygen atoms in total. The van der Waals surface area contributed by atoms with Crippen molar-refractivity contribution in [1.82, 2.24) is 10.3 Å². The van der Waals surface area contributed by atoms with Gasteiger partial charge < -0.3 is 15.3 Å². The summed E-state index contributed by atoms with van der Waals surface area (Å²) in [6, 6.07) is 13.1. The van der Waals surface area contributed by atoms with Crippen LogP contribution in [-0.2, 0) is 26.2 Å². The molecule has 2 heterocycles. The molecule has 13 heteroatoms. The molecule has 2 amide bonds. The number of anilines is 2. The molecule has 3 N–H and O–H groups in total. The monoisotopic (exact) mass is 534 g/mol. The van der Waals surface area contributed by atoms with Crippen LogP contribution in [0.2, 0.25) is 5.02 Å². The molecule has 1 unspecified atom stereocenters. The number of aliphatic hydroxyl groups is 1. The number of nitrogens with zero attached hydrogens (tertiary/aromatic N) is 3. The van der Waals surface area contributed by atoms with Crippen LogP contribution >= 0.6 is 11.6 Å². The van der Waals surface area contributed by atoms with Crippen LogP contribution < -0.4 is 14.7 Å². The Morgan fingerprint density at radius 1 is 1.19 bits per heavy atom. The molecular weight excluding hydrogens is 515 g/mol. The number of sulfonamides is 1. The van der Waals surface area contributed by atoms with Crippen molar-refractivity contribution in [3.8, 4) is 0 Å². The maximum absolute atomic E-state index is 13.5. The van der Waals surface area contributed by atoms with Gasteiger partial charge in [0.1, 0.15) is 5.82 Å². The average Bonchev–Trinajstić information content (AvgIpc) is 3.17. The molecule has 1 aliphatic rings. The van der Waals surface area contributed by atoms with Crippen LogP contribution in [0.3, 0.4) is 0 Å². The van der Waals surface area contributed by atoms with Gasteiger partial charge in [-0.2, -0.15) is 8.42 Å². The van der Waals surface area contributed by atoms with Crippen molar-refractivity contribution in [2.45, 2.75) is 23.5 Å². The first-order valence-electron chi connectivity index (χ1n) is 10.6. The first-order valence-corrected chi connectivity index (χ1v) is 12.4. The Morgan fingerprint density at radius 3 is 2.56 bits per heavy atom. The number of amides is 2. The summed E-state index contributed by atoms with van der Waals surface area (Å²) >= 11 is 5.80. The van der Waals surface area contributed by atoms with Gasteiger partial charge in [-0.25, -0.2) is 9.37 Å². The lowest BCUT2D eigenvalue weighted by atomic mass is 10.0. The van der Waals surface area contributed by atoms with Crippen molar-refractivity contribution in [2.75, 3.05) is 15.9 Å².